The number of rotatable bonds is 5. The molecule has 0 bridgehead atoms. The maximum atomic E-state index is 10.8. The molecular weight excluding hydrogens is 224 g/mol. The van der Waals surface area contributed by atoms with Gasteiger partial charge in [0, 0.05) is 17.5 Å². The predicted molar refractivity (Wildman–Crippen MR) is 62.7 cm³/mol. The van der Waals surface area contributed by atoms with Gasteiger partial charge in [0.1, 0.15) is 5.75 Å². The van der Waals surface area contributed by atoms with Gasteiger partial charge in [-0.15, -0.1) is 0 Å². The number of nitrogens with zero attached hydrogens (tertiary/aromatic N) is 4. The van der Waals surface area contributed by atoms with Crippen LogP contribution in [0.2, 0.25) is 0 Å². The van der Waals surface area contributed by atoms with Gasteiger partial charge in [-0.2, -0.15) is 0 Å². The quantitative estimate of drug-likeness (QED) is 0.257. The standard InChI is InChI=1S/C10H10N4O3/c1-17-9-4-5-10(14(15)16)8(7-9)3-2-6-12-13-11/h2-5,7H,6H2,1H3. The van der Waals surface area contributed by atoms with Crippen molar-refractivity contribution in [2.75, 3.05) is 13.7 Å². The molecule has 0 saturated carbocycles. The number of ether oxygens (including phenoxy) is 1. The van der Waals surface area contributed by atoms with Crippen LogP contribution in [0.5, 0.6) is 5.75 Å². The largest absolute Gasteiger partial charge is 0.497 e. The minimum Gasteiger partial charge on any atom is -0.497 e. The molecule has 0 unspecified atom stereocenters. The molecule has 1 rings (SSSR count). The molecule has 0 amide bonds. The zero-order valence-corrected chi connectivity index (χ0v) is 9.11. The van der Waals surface area contributed by atoms with Crippen LogP contribution >= 0.6 is 0 Å². The summed E-state index contributed by atoms with van der Waals surface area (Å²) < 4.78 is 4.98. The first-order chi connectivity index (χ1) is 8.19. The molecule has 0 spiro atoms. The fourth-order valence-electron chi connectivity index (χ4n) is 1.22. The molecule has 0 heterocycles. The van der Waals surface area contributed by atoms with Crippen LogP contribution in [0, 0.1) is 10.1 Å². The Morgan fingerprint density at radius 1 is 1.65 bits per heavy atom. The van der Waals surface area contributed by atoms with E-state index in [2.05, 4.69) is 10.0 Å². The molecule has 1 aromatic rings. The summed E-state index contributed by atoms with van der Waals surface area (Å²) in [5, 5.41) is 14.1. The van der Waals surface area contributed by atoms with Crippen LogP contribution in [0.25, 0.3) is 16.5 Å². The van der Waals surface area contributed by atoms with Gasteiger partial charge in [0.15, 0.2) is 0 Å². The lowest BCUT2D eigenvalue weighted by Crippen LogP contribution is -1.92. The molecule has 0 aliphatic carbocycles. The molecule has 0 atom stereocenters. The van der Waals surface area contributed by atoms with Crippen molar-refractivity contribution in [3.05, 3.63) is 50.4 Å². The molecule has 0 radical (unpaired) electrons. The Morgan fingerprint density at radius 2 is 2.41 bits per heavy atom. The van der Waals surface area contributed by atoms with Crippen LogP contribution in [-0.2, 0) is 0 Å². The normalized spacial score (nSPS) is 9.94. The van der Waals surface area contributed by atoms with Gasteiger partial charge in [0.25, 0.3) is 5.69 Å². The molecule has 7 heteroatoms. The lowest BCUT2D eigenvalue weighted by atomic mass is 10.1. The first-order valence-electron chi connectivity index (χ1n) is 4.69. The van der Waals surface area contributed by atoms with Crippen LogP contribution < -0.4 is 4.74 Å². The molecule has 7 nitrogen and oxygen atoms in total. The van der Waals surface area contributed by atoms with E-state index in [4.69, 9.17) is 10.3 Å². The van der Waals surface area contributed by atoms with Crippen LogP contribution in [-0.4, -0.2) is 18.6 Å². The minimum absolute atomic E-state index is 0.0250. The molecule has 17 heavy (non-hydrogen) atoms. The highest BCUT2D eigenvalue weighted by atomic mass is 16.6. The van der Waals surface area contributed by atoms with Gasteiger partial charge in [-0.1, -0.05) is 17.3 Å². The lowest BCUT2D eigenvalue weighted by Gasteiger charge is -2.01. The Hall–Kier alpha value is -2.53. The maximum absolute atomic E-state index is 10.8. The number of benzene rings is 1. The van der Waals surface area contributed by atoms with E-state index in [1.54, 1.807) is 12.1 Å². The number of azide groups is 1. The van der Waals surface area contributed by atoms with E-state index in [1.807, 2.05) is 0 Å². The fourth-order valence-corrected chi connectivity index (χ4v) is 1.22. The summed E-state index contributed by atoms with van der Waals surface area (Å²) in [6.45, 7) is 0.144. The second kappa shape index (κ2) is 6.14. The van der Waals surface area contributed by atoms with Gasteiger partial charge in [-0.05, 0) is 17.7 Å². The van der Waals surface area contributed by atoms with Crippen LogP contribution in [0.4, 0.5) is 5.69 Å². The summed E-state index contributed by atoms with van der Waals surface area (Å²) in [4.78, 5) is 12.9. The van der Waals surface area contributed by atoms with Gasteiger partial charge in [-0.3, -0.25) is 10.1 Å². The Morgan fingerprint density at radius 3 is 3.00 bits per heavy atom. The molecule has 0 fully saturated rings. The predicted octanol–water partition coefficient (Wildman–Crippen LogP) is 2.93. The number of hydrogen-bond acceptors (Lipinski definition) is 4. The molecule has 88 valence electrons. The van der Waals surface area contributed by atoms with Gasteiger partial charge in [0.05, 0.1) is 17.6 Å². The Balaban J connectivity index is 3.04. The summed E-state index contributed by atoms with van der Waals surface area (Å²) in [5.74, 6) is 0.527. The third kappa shape index (κ3) is 3.51. The Labute approximate surface area is 97.1 Å². The first-order valence-corrected chi connectivity index (χ1v) is 4.69. The van der Waals surface area contributed by atoms with E-state index in [-0.39, 0.29) is 12.2 Å². The highest BCUT2D eigenvalue weighted by molar-refractivity contribution is 5.63. The summed E-state index contributed by atoms with van der Waals surface area (Å²) in [6.07, 6.45) is 3.07. The van der Waals surface area contributed by atoms with E-state index < -0.39 is 4.92 Å². The Kier molecular flexibility index (Phi) is 4.53. The van der Waals surface area contributed by atoms with Crippen molar-refractivity contribution in [1.29, 1.82) is 0 Å². The van der Waals surface area contributed by atoms with E-state index in [0.29, 0.717) is 11.3 Å². The van der Waals surface area contributed by atoms with Gasteiger partial charge in [0.2, 0.25) is 0 Å². The van der Waals surface area contributed by atoms with E-state index in [0.717, 1.165) is 0 Å². The third-order valence-electron chi connectivity index (χ3n) is 1.98. The molecule has 0 N–H and O–H groups in total. The molecule has 0 aliphatic heterocycles. The van der Waals surface area contributed by atoms with Crippen molar-refractivity contribution in [1.82, 2.24) is 0 Å². The van der Waals surface area contributed by atoms with Crippen molar-refractivity contribution in [2.45, 2.75) is 0 Å². The number of hydrogen-bond donors (Lipinski definition) is 0. The summed E-state index contributed by atoms with van der Waals surface area (Å²) in [7, 11) is 1.48. The number of nitro benzene ring substituents is 1. The van der Waals surface area contributed by atoms with Crippen molar-refractivity contribution in [2.24, 2.45) is 5.11 Å². The molecule has 0 saturated heterocycles. The topological polar surface area (TPSA) is 101 Å². The molecule has 1 aromatic carbocycles. The second-order valence-corrected chi connectivity index (χ2v) is 3.00. The molecule has 0 aromatic heterocycles. The van der Waals surface area contributed by atoms with Gasteiger partial charge >= 0.3 is 0 Å². The second-order valence-electron chi connectivity index (χ2n) is 3.00. The van der Waals surface area contributed by atoms with Crippen molar-refractivity contribution < 1.29 is 9.66 Å². The van der Waals surface area contributed by atoms with Gasteiger partial charge in [-0.25, -0.2) is 0 Å². The highest BCUT2D eigenvalue weighted by Crippen LogP contribution is 2.24. The van der Waals surface area contributed by atoms with Crippen molar-refractivity contribution in [3.63, 3.8) is 0 Å². The van der Waals surface area contributed by atoms with Gasteiger partial charge < -0.3 is 4.74 Å². The lowest BCUT2D eigenvalue weighted by molar-refractivity contribution is -0.385. The van der Waals surface area contributed by atoms with E-state index in [1.165, 1.54) is 25.3 Å². The fraction of sp³-hybridized carbons (Fsp3) is 0.200. The highest BCUT2D eigenvalue weighted by Gasteiger charge is 2.11. The smallest absolute Gasteiger partial charge is 0.276 e. The molecule has 0 aliphatic rings. The van der Waals surface area contributed by atoms with E-state index >= 15 is 0 Å². The van der Waals surface area contributed by atoms with E-state index in [9.17, 15) is 10.1 Å². The summed E-state index contributed by atoms with van der Waals surface area (Å²) in [5.41, 5.74) is 8.46. The third-order valence-corrected chi connectivity index (χ3v) is 1.98. The monoisotopic (exact) mass is 234 g/mol. The van der Waals surface area contributed by atoms with Crippen LogP contribution in [0.1, 0.15) is 5.56 Å². The minimum atomic E-state index is -0.479. The summed E-state index contributed by atoms with van der Waals surface area (Å²) in [6, 6.07) is 4.43. The zero-order valence-electron chi connectivity index (χ0n) is 9.11. The SMILES string of the molecule is COc1ccc([N+](=O)[O-])c(C=CCN=[N+]=[N-])c1. The average molecular weight is 234 g/mol. The number of nitro groups is 1. The Bertz CT molecular complexity index is 492. The molecular formula is C10H10N4O3. The van der Waals surface area contributed by atoms with Crippen molar-refractivity contribution in [3.8, 4) is 5.75 Å². The average Bonchev–Trinajstić information content (AvgIpc) is 2.34. The zero-order chi connectivity index (χ0) is 12.7. The van der Waals surface area contributed by atoms with Crippen LogP contribution in [0.15, 0.2) is 29.4 Å². The van der Waals surface area contributed by atoms with Crippen LogP contribution in [0.3, 0.4) is 0 Å². The number of methoxy groups -OCH3 is 1. The maximum Gasteiger partial charge on any atom is 0.276 e. The van der Waals surface area contributed by atoms with Crippen molar-refractivity contribution >= 4 is 11.8 Å². The summed E-state index contributed by atoms with van der Waals surface area (Å²) >= 11 is 0. The first kappa shape index (κ1) is 12.5.